The lowest BCUT2D eigenvalue weighted by Gasteiger charge is -2.10. The predicted octanol–water partition coefficient (Wildman–Crippen LogP) is 3.65. The quantitative estimate of drug-likeness (QED) is 0.166. The van der Waals surface area contributed by atoms with Crippen LogP contribution in [-0.4, -0.2) is 50.5 Å². The lowest BCUT2D eigenvalue weighted by Crippen LogP contribution is -2.18. The van der Waals surface area contributed by atoms with Crippen molar-refractivity contribution in [3.05, 3.63) is 70.5 Å². The molecule has 0 aromatic heterocycles. The Balaban J connectivity index is 1.78. The molecule has 34 heavy (non-hydrogen) atoms. The second-order valence-electron chi connectivity index (χ2n) is 7.92. The van der Waals surface area contributed by atoms with Gasteiger partial charge in [0.05, 0.1) is 18.1 Å². The number of rotatable bonds is 10. The molecule has 1 aliphatic rings. The van der Waals surface area contributed by atoms with Crippen LogP contribution in [0.2, 0.25) is 0 Å². The molecule has 7 nitrogen and oxygen atoms in total. The van der Waals surface area contributed by atoms with Crippen LogP contribution in [0.25, 0.3) is 6.08 Å². The van der Waals surface area contributed by atoms with E-state index < -0.39 is 27.8 Å². The molecule has 0 saturated carbocycles. The molecule has 1 heterocycles. The fourth-order valence-electron chi connectivity index (χ4n) is 3.56. The third kappa shape index (κ3) is 6.09. The first-order chi connectivity index (χ1) is 16.2. The molecular formula is C25H28FNO6S. The molecule has 1 saturated heterocycles. The number of carbonyl (C=O) groups excluding carboxylic acids is 2. The van der Waals surface area contributed by atoms with E-state index in [2.05, 4.69) is 0 Å². The number of halogens is 1. The monoisotopic (exact) mass is 489 g/mol. The number of sulfonamides is 1. The van der Waals surface area contributed by atoms with E-state index in [9.17, 15) is 22.4 Å². The Kier molecular flexibility index (Phi) is 8.22. The van der Waals surface area contributed by atoms with Crippen molar-refractivity contribution in [3.63, 3.8) is 0 Å². The summed E-state index contributed by atoms with van der Waals surface area (Å²) in [7, 11) is -3.58. The molecule has 0 amide bonds. The minimum Gasteiger partial charge on any atom is -0.462 e. The smallest absolute Gasteiger partial charge is 0.345 e. The van der Waals surface area contributed by atoms with Gasteiger partial charge in [0.15, 0.2) is 0 Å². The van der Waals surface area contributed by atoms with Crippen LogP contribution < -0.4 is 0 Å². The minimum absolute atomic E-state index is 0.0822. The average Bonchev–Trinajstić information content (AvgIpc) is 3.58. The Labute approximate surface area is 199 Å². The van der Waals surface area contributed by atoms with Crippen LogP contribution in [0.1, 0.15) is 37.0 Å². The molecule has 0 spiro atoms. The highest BCUT2D eigenvalue weighted by atomic mass is 32.2. The van der Waals surface area contributed by atoms with Gasteiger partial charge in [-0.05, 0) is 75.1 Å². The Hall–Kier alpha value is -3.04. The fraction of sp³-hybridized carbons (Fsp3) is 0.360. The number of aryl methyl sites for hydroxylation is 2. The molecule has 0 radical (unpaired) electrons. The Morgan fingerprint density at radius 3 is 2.26 bits per heavy atom. The maximum Gasteiger partial charge on any atom is 0.345 e. The van der Waals surface area contributed by atoms with Crippen LogP contribution in [-0.2, 0) is 35.5 Å². The third-order valence-electron chi connectivity index (χ3n) is 5.43. The fourth-order valence-corrected chi connectivity index (χ4v) is 5.18. The summed E-state index contributed by atoms with van der Waals surface area (Å²) in [5.41, 5.74) is 1.70. The maximum atomic E-state index is 14.0. The van der Waals surface area contributed by atoms with Gasteiger partial charge in [-0.2, -0.15) is 4.31 Å². The molecule has 3 rings (SSSR count). The van der Waals surface area contributed by atoms with Crippen LogP contribution in [0, 0.1) is 12.7 Å². The Morgan fingerprint density at radius 1 is 1.06 bits per heavy atom. The van der Waals surface area contributed by atoms with Crippen molar-refractivity contribution in [2.45, 2.75) is 44.6 Å². The summed E-state index contributed by atoms with van der Waals surface area (Å²) in [6.45, 7) is 5.67. The second-order valence-corrected chi connectivity index (χ2v) is 9.81. The lowest BCUT2D eigenvalue weighted by molar-refractivity contribution is -0.146. The molecular weight excluding hydrogens is 461 g/mol. The molecule has 2 aromatic carbocycles. The number of ether oxygens (including phenoxy) is 2. The molecule has 1 aliphatic heterocycles. The summed E-state index contributed by atoms with van der Waals surface area (Å²) in [5, 5.41) is 0. The molecule has 2 unspecified atom stereocenters. The topological polar surface area (TPSA) is 89.8 Å². The van der Waals surface area contributed by atoms with Crippen LogP contribution in [0.5, 0.6) is 0 Å². The summed E-state index contributed by atoms with van der Waals surface area (Å²) in [4.78, 5) is 24.8. The van der Waals surface area contributed by atoms with Gasteiger partial charge in [0.2, 0.25) is 10.0 Å². The molecule has 0 N–H and O–H groups in total. The highest BCUT2D eigenvalue weighted by molar-refractivity contribution is 7.89. The molecule has 0 aliphatic carbocycles. The molecule has 1 fully saturated rings. The molecule has 182 valence electrons. The van der Waals surface area contributed by atoms with Crippen molar-refractivity contribution in [1.82, 2.24) is 4.31 Å². The average molecular weight is 490 g/mol. The summed E-state index contributed by atoms with van der Waals surface area (Å²) >= 11 is 0. The van der Waals surface area contributed by atoms with Gasteiger partial charge in [-0.1, -0.05) is 23.8 Å². The van der Waals surface area contributed by atoms with Gasteiger partial charge in [-0.15, -0.1) is 0 Å². The van der Waals surface area contributed by atoms with Crippen molar-refractivity contribution in [1.29, 1.82) is 0 Å². The normalized spacial score (nSPS) is 17.1. The van der Waals surface area contributed by atoms with Crippen molar-refractivity contribution >= 4 is 28.0 Å². The summed E-state index contributed by atoms with van der Waals surface area (Å²) in [6, 6.07) is 10.5. The Bertz CT molecular complexity index is 1170. The van der Waals surface area contributed by atoms with Crippen LogP contribution in [0.3, 0.4) is 0 Å². The Morgan fingerprint density at radius 2 is 1.68 bits per heavy atom. The van der Waals surface area contributed by atoms with E-state index in [-0.39, 0.29) is 29.7 Å². The summed E-state index contributed by atoms with van der Waals surface area (Å²) in [6.07, 6.45) is 2.15. The zero-order valence-corrected chi connectivity index (χ0v) is 20.2. The van der Waals surface area contributed by atoms with Crippen LogP contribution in [0.4, 0.5) is 4.39 Å². The van der Waals surface area contributed by atoms with Gasteiger partial charge in [0, 0.05) is 12.6 Å². The van der Waals surface area contributed by atoms with Crippen molar-refractivity contribution in [3.8, 4) is 0 Å². The highest BCUT2D eigenvalue weighted by Gasteiger charge is 2.44. The molecule has 2 atom stereocenters. The minimum atomic E-state index is -3.58. The van der Waals surface area contributed by atoms with E-state index in [1.807, 2.05) is 6.92 Å². The van der Waals surface area contributed by atoms with E-state index in [0.717, 1.165) is 5.56 Å². The number of hydrogen-bond donors (Lipinski definition) is 0. The second kappa shape index (κ2) is 10.9. The predicted molar refractivity (Wildman–Crippen MR) is 125 cm³/mol. The van der Waals surface area contributed by atoms with E-state index >= 15 is 0 Å². The van der Waals surface area contributed by atoms with Crippen LogP contribution in [0.15, 0.2) is 52.9 Å². The zero-order chi connectivity index (χ0) is 24.9. The zero-order valence-electron chi connectivity index (χ0n) is 19.4. The number of nitrogens with zero attached hydrogens (tertiary/aromatic N) is 1. The van der Waals surface area contributed by atoms with Gasteiger partial charge < -0.3 is 9.47 Å². The number of carbonyl (C=O) groups is 2. The number of benzene rings is 2. The molecule has 9 heteroatoms. The number of hydrogen-bond acceptors (Lipinski definition) is 6. The summed E-state index contributed by atoms with van der Waals surface area (Å²) < 4.78 is 51.0. The van der Waals surface area contributed by atoms with Gasteiger partial charge in [0.25, 0.3) is 0 Å². The third-order valence-corrected chi connectivity index (χ3v) is 7.37. The van der Waals surface area contributed by atoms with Gasteiger partial charge in [-0.3, -0.25) is 0 Å². The SMILES string of the molecule is CCOC(=O)C(=Cc1ccc(F)cc1CCC1CN1S(=O)(=O)c1ccc(C)cc1)C(=O)OCC. The molecule has 0 bridgehead atoms. The summed E-state index contributed by atoms with van der Waals surface area (Å²) in [5.74, 6) is -2.12. The largest absolute Gasteiger partial charge is 0.462 e. The van der Waals surface area contributed by atoms with E-state index in [1.54, 1.807) is 38.1 Å². The maximum absolute atomic E-state index is 14.0. The van der Waals surface area contributed by atoms with E-state index in [1.165, 1.54) is 28.6 Å². The van der Waals surface area contributed by atoms with Crippen LogP contribution >= 0.6 is 0 Å². The standard InChI is InChI=1S/C25H28FNO6S/c1-4-32-24(28)23(25(29)33-5-2)15-19-8-10-20(26)14-18(19)9-11-21-16-27(21)34(30,31)22-12-6-17(3)7-13-22/h6-8,10,12-15,21H,4-5,9,11,16H2,1-3H3. The lowest BCUT2D eigenvalue weighted by atomic mass is 9.99. The van der Waals surface area contributed by atoms with Gasteiger partial charge >= 0.3 is 11.9 Å². The molecule has 2 aromatic rings. The van der Waals surface area contributed by atoms with Gasteiger partial charge in [-0.25, -0.2) is 22.4 Å². The number of esters is 2. The first-order valence-corrected chi connectivity index (χ1v) is 12.5. The van der Waals surface area contributed by atoms with E-state index in [0.29, 0.717) is 30.5 Å². The van der Waals surface area contributed by atoms with Crippen molar-refractivity contribution < 1.29 is 31.9 Å². The first kappa shape index (κ1) is 25.6. The first-order valence-electron chi connectivity index (χ1n) is 11.1. The van der Waals surface area contributed by atoms with E-state index in [4.69, 9.17) is 9.47 Å². The highest BCUT2D eigenvalue weighted by Crippen LogP contribution is 2.32. The van der Waals surface area contributed by atoms with Gasteiger partial charge in [0.1, 0.15) is 11.4 Å². The van der Waals surface area contributed by atoms with Crippen molar-refractivity contribution in [2.75, 3.05) is 19.8 Å². The van der Waals surface area contributed by atoms with Crippen molar-refractivity contribution in [2.24, 2.45) is 0 Å².